The molecule has 2 rings (SSSR count). The molecule has 1 heterocycles. The molecule has 0 fully saturated rings. The van der Waals surface area contributed by atoms with Gasteiger partial charge < -0.3 is 5.11 Å². The average molecular weight is 280 g/mol. The Morgan fingerprint density at radius 2 is 1.90 bits per heavy atom. The second kappa shape index (κ2) is 5.03. The van der Waals surface area contributed by atoms with Crippen molar-refractivity contribution in [1.82, 2.24) is 9.78 Å². The molecule has 0 saturated heterocycles. The lowest BCUT2D eigenvalue weighted by Gasteiger charge is -2.11. The van der Waals surface area contributed by atoms with Crippen molar-refractivity contribution in [3.63, 3.8) is 0 Å². The summed E-state index contributed by atoms with van der Waals surface area (Å²) in [6.45, 7) is 3.60. The summed E-state index contributed by atoms with van der Waals surface area (Å²) >= 11 is 0. The quantitative estimate of drug-likeness (QED) is 0.939. The van der Waals surface area contributed by atoms with Crippen molar-refractivity contribution in [3.8, 4) is 11.3 Å². The highest BCUT2D eigenvalue weighted by atomic mass is 19.1. The first-order valence-corrected chi connectivity index (χ1v) is 6.08. The molecule has 0 amide bonds. The molecule has 0 spiro atoms. The van der Waals surface area contributed by atoms with Gasteiger partial charge in [-0.1, -0.05) is 13.8 Å². The molecule has 1 aromatic heterocycles. The molecule has 0 aliphatic heterocycles. The minimum absolute atomic E-state index is 0.110. The first-order chi connectivity index (χ1) is 9.31. The predicted octanol–water partition coefficient (Wildman–Crippen LogP) is 3.19. The lowest BCUT2D eigenvalue weighted by atomic mass is 9.98. The number of nitrogens with zero attached hydrogens (tertiary/aromatic N) is 2. The molecule has 20 heavy (non-hydrogen) atoms. The van der Waals surface area contributed by atoms with E-state index in [4.69, 9.17) is 5.11 Å². The third kappa shape index (κ3) is 2.41. The van der Waals surface area contributed by atoms with Crippen LogP contribution in [0.4, 0.5) is 8.78 Å². The second-order valence-electron chi connectivity index (χ2n) is 4.85. The maximum atomic E-state index is 13.9. The van der Waals surface area contributed by atoms with Crippen molar-refractivity contribution in [2.45, 2.75) is 19.8 Å². The molecule has 4 nitrogen and oxygen atoms in total. The monoisotopic (exact) mass is 280 g/mol. The summed E-state index contributed by atoms with van der Waals surface area (Å²) < 4.78 is 28.9. The van der Waals surface area contributed by atoms with Gasteiger partial charge in [-0.2, -0.15) is 5.10 Å². The van der Waals surface area contributed by atoms with Crippen molar-refractivity contribution < 1.29 is 18.7 Å². The molecular weight excluding hydrogens is 266 g/mol. The maximum absolute atomic E-state index is 13.9. The van der Waals surface area contributed by atoms with Crippen LogP contribution in [0.2, 0.25) is 0 Å². The van der Waals surface area contributed by atoms with Crippen LogP contribution in [0.5, 0.6) is 0 Å². The van der Waals surface area contributed by atoms with Crippen LogP contribution in [0, 0.1) is 11.6 Å². The molecule has 2 aromatic rings. The standard InChI is InChI=1S/C14H14F2N2O2/c1-7(2)8-4-9(11(16)5-10(8)15)13-6-12(14(19)20)17-18(13)3/h4-7H,1-3H3,(H,19,20). The molecule has 0 saturated carbocycles. The molecule has 0 unspecified atom stereocenters. The van der Waals surface area contributed by atoms with Gasteiger partial charge in [0.15, 0.2) is 5.69 Å². The average Bonchev–Trinajstić information content (AvgIpc) is 2.71. The minimum atomic E-state index is -1.20. The number of aryl methyl sites for hydroxylation is 1. The first-order valence-electron chi connectivity index (χ1n) is 6.08. The number of carboxylic acid groups (broad SMARTS) is 1. The number of rotatable bonds is 3. The summed E-state index contributed by atoms with van der Waals surface area (Å²) in [4.78, 5) is 10.9. The predicted molar refractivity (Wildman–Crippen MR) is 69.6 cm³/mol. The first kappa shape index (κ1) is 14.2. The Morgan fingerprint density at radius 1 is 1.25 bits per heavy atom. The Labute approximate surface area is 114 Å². The van der Waals surface area contributed by atoms with Crippen LogP contribution in [0.25, 0.3) is 11.3 Å². The van der Waals surface area contributed by atoms with Crippen molar-refractivity contribution in [3.05, 3.63) is 41.1 Å². The Hall–Kier alpha value is -2.24. The van der Waals surface area contributed by atoms with Gasteiger partial charge in [-0.05, 0) is 23.6 Å². The Bertz CT molecular complexity index is 678. The van der Waals surface area contributed by atoms with E-state index < -0.39 is 17.6 Å². The SMILES string of the molecule is CC(C)c1cc(-c2cc(C(=O)O)nn2C)c(F)cc1F. The van der Waals surface area contributed by atoms with Crippen molar-refractivity contribution in [2.24, 2.45) is 7.05 Å². The highest BCUT2D eigenvalue weighted by Crippen LogP contribution is 2.29. The van der Waals surface area contributed by atoms with Crippen molar-refractivity contribution >= 4 is 5.97 Å². The van der Waals surface area contributed by atoms with E-state index in [2.05, 4.69) is 5.10 Å². The van der Waals surface area contributed by atoms with E-state index in [0.29, 0.717) is 11.3 Å². The summed E-state index contributed by atoms with van der Waals surface area (Å²) in [6.07, 6.45) is 0. The van der Waals surface area contributed by atoms with Crippen LogP contribution < -0.4 is 0 Å². The van der Waals surface area contributed by atoms with Gasteiger partial charge in [0.05, 0.1) is 5.69 Å². The van der Waals surface area contributed by atoms with Gasteiger partial charge in [-0.3, -0.25) is 4.68 Å². The Kier molecular flexibility index (Phi) is 3.57. The fourth-order valence-electron chi connectivity index (χ4n) is 2.03. The fourth-order valence-corrected chi connectivity index (χ4v) is 2.03. The molecule has 0 radical (unpaired) electrons. The molecule has 0 bridgehead atoms. The van der Waals surface area contributed by atoms with Gasteiger partial charge in [0.25, 0.3) is 0 Å². The largest absolute Gasteiger partial charge is 0.476 e. The summed E-state index contributed by atoms with van der Waals surface area (Å²) in [6, 6.07) is 3.48. The van der Waals surface area contributed by atoms with E-state index in [-0.39, 0.29) is 17.2 Å². The van der Waals surface area contributed by atoms with E-state index in [1.165, 1.54) is 23.9 Å². The lowest BCUT2D eigenvalue weighted by Crippen LogP contribution is -2.01. The molecule has 0 atom stereocenters. The van der Waals surface area contributed by atoms with Crippen molar-refractivity contribution in [1.29, 1.82) is 0 Å². The Morgan fingerprint density at radius 3 is 2.40 bits per heavy atom. The maximum Gasteiger partial charge on any atom is 0.356 e. The van der Waals surface area contributed by atoms with Crippen LogP contribution in [-0.4, -0.2) is 20.9 Å². The zero-order valence-corrected chi connectivity index (χ0v) is 11.3. The summed E-state index contributed by atoms with van der Waals surface area (Å²) in [5.41, 5.74) is 0.621. The van der Waals surface area contributed by atoms with Crippen LogP contribution in [-0.2, 0) is 7.05 Å². The fraction of sp³-hybridized carbons (Fsp3) is 0.286. The zero-order valence-electron chi connectivity index (χ0n) is 11.3. The molecular formula is C14H14F2N2O2. The van der Waals surface area contributed by atoms with E-state index in [1.54, 1.807) is 13.8 Å². The molecule has 6 heteroatoms. The minimum Gasteiger partial charge on any atom is -0.476 e. The molecule has 0 aliphatic carbocycles. The normalized spacial score (nSPS) is 11.1. The van der Waals surface area contributed by atoms with E-state index in [9.17, 15) is 13.6 Å². The number of benzene rings is 1. The third-order valence-corrected chi connectivity index (χ3v) is 3.08. The number of halogens is 2. The summed E-state index contributed by atoms with van der Waals surface area (Å²) in [5, 5.41) is 12.7. The molecule has 106 valence electrons. The zero-order chi connectivity index (χ0) is 15.0. The molecule has 1 aromatic carbocycles. The molecule has 1 N–H and O–H groups in total. The number of hydrogen-bond donors (Lipinski definition) is 1. The third-order valence-electron chi connectivity index (χ3n) is 3.08. The van der Waals surface area contributed by atoms with Gasteiger partial charge in [0.2, 0.25) is 0 Å². The van der Waals surface area contributed by atoms with Gasteiger partial charge in [0.1, 0.15) is 11.6 Å². The van der Waals surface area contributed by atoms with Gasteiger partial charge >= 0.3 is 5.97 Å². The van der Waals surface area contributed by atoms with Gasteiger partial charge in [0, 0.05) is 18.7 Å². The van der Waals surface area contributed by atoms with Gasteiger partial charge in [-0.25, -0.2) is 13.6 Å². The highest BCUT2D eigenvalue weighted by Gasteiger charge is 2.18. The van der Waals surface area contributed by atoms with Crippen LogP contribution in [0.1, 0.15) is 35.8 Å². The number of carboxylic acids is 1. The summed E-state index contributed by atoms with van der Waals surface area (Å²) in [5.74, 6) is -2.66. The lowest BCUT2D eigenvalue weighted by molar-refractivity contribution is 0.0689. The Balaban J connectivity index is 2.63. The number of aromatic nitrogens is 2. The van der Waals surface area contributed by atoms with Crippen LogP contribution in [0.3, 0.4) is 0 Å². The van der Waals surface area contributed by atoms with E-state index >= 15 is 0 Å². The smallest absolute Gasteiger partial charge is 0.356 e. The van der Waals surface area contributed by atoms with Crippen LogP contribution in [0.15, 0.2) is 18.2 Å². The van der Waals surface area contributed by atoms with E-state index in [0.717, 1.165) is 6.07 Å². The number of aromatic carboxylic acids is 1. The topological polar surface area (TPSA) is 55.1 Å². The number of hydrogen-bond acceptors (Lipinski definition) is 2. The second-order valence-corrected chi connectivity index (χ2v) is 4.85. The van der Waals surface area contributed by atoms with Crippen LogP contribution >= 0.6 is 0 Å². The van der Waals surface area contributed by atoms with Gasteiger partial charge in [-0.15, -0.1) is 0 Å². The number of carbonyl (C=O) groups is 1. The molecule has 0 aliphatic rings. The summed E-state index contributed by atoms with van der Waals surface area (Å²) in [7, 11) is 1.51. The van der Waals surface area contributed by atoms with E-state index in [1.807, 2.05) is 0 Å². The highest BCUT2D eigenvalue weighted by molar-refractivity contribution is 5.87. The van der Waals surface area contributed by atoms with Crippen molar-refractivity contribution in [2.75, 3.05) is 0 Å².